The second-order valence-electron chi connectivity index (χ2n) is 4.95. The Balaban J connectivity index is 0.000000763. The Bertz CT molecular complexity index is 586. The minimum absolute atomic E-state index is 0.0491. The molecule has 0 aliphatic rings. The number of Topliss-reactive ketones (excluding diaryl/α,β-unsaturated/α-hetero) is 1. The maximum atomic E-state index is 11.7. The molecule has 1 amide bonds. The van der Waals surface area contributed by atoms with Gasteiger partial charge in [0.2, 0.25) is 5.91 Å². The molecule has 0 fully saturated rings. The lowest BCUT2D eigenvalue weighted by atomic mass is 10.1. The molecule has 7 nitrogen and oxygen atoms in total. The molecule has 0 bridgehead atoms. The van der Waals surface area contributed by atoms with Gasteiger partial charge in [0.05, 0.1) is 12.8 Å². The number of carbonyl (C=O) groups is 2. The highest BCUT2D eigenvalue weighted by atomic mass is 32.2. The number of ketones is 1. The van der Waals surface area contributed by atoms with Gasteiger partial charge >= 0.3 is 0 Å². The number of hydrogen-bond donors (Lipinski definition) is 3. The summed E-state index contributed by atoms with van der Waals surface area (Å²) in [5.41, 5.74) is 1.35. The van der Waals surface area contributed by atoms with Crippen molar-refractivity contribution in [2.24, 2.45) is 0 Å². The van der Waals surface area contributed by atoms with Gasteiger partial charge in [0.15, 0.2) is 5.78 Å². The Kier molecular flexibility index (Phi) is 8.54. The third kappa shape index (κ3) is 12.0. The first kappa shape index (κ1) is 20.2. The Labute approximate surface area is 130 Å². The zero-order valence-electron chi connectivity index (χ0n) is 13.1. The van der Waals surface area contributed by atoms with Gasteiger partial charge < -0.3 is 10.6 Å². The van der Waals surface area contributed by atoms with E-state index in [0.29, 0.717) is 24.1 Å². The standard InChI is InChI=1S/C13H18N2O2.CH4O3S/c1-9(2)14-8-13(17)11-4-6-12(7-5-11)15-10(3)16;1-5(2,3)4/h4-7,9,14H,8H2,1-3H3,(H,15,16);1H3,(H,2,3,4). The molecule has 0 saturated carbocycles. The highest BCUT2D eigenvalue weighted by Gasteiger charge is 2.06. The van der Waals surface area contributed by atoms with Gasteiger partial charge in [-0.05, 0) is 24.3 Å². The number of hydrogen-bond acceptors (Lipinski definition) is 5. The minimum atomic E-state index is -3.67. The van der Waals surface area contributed by atoms with Gasteiger partial charge in [0.25, 0.3) is 10.1 Å². The molecular weight excluding hydrogens is 308 g/mol. The molecular formula is C14H22N2O5S. The maximum absolute atomic E-state index is 11.7. The number of rotatable bonds is 5. The van der Waals surface area contributed by atoms with Crippen LogP contribution in [0.1, 0.15) is 31.1 Å². The van der Waals surface area contributed by atoms with Crippen molar-refractivity contribution in [3.63, 3.8) is 0 Å². The summed E-state index contributed by atoms with van der Waals surface area (Å²) in [4.78, 5) is 22.6. The van der Waals surface area contributed by atoms with Crippen molar-refractivity contribution in [2.45, 2.75) is 26.8 Å². The Hall–Kier alpha value is -1.77. The quantitative estimate of drug-likeness (QED) is 0.554. The maximum Gasteiger partial charge on any atom is 0.261 e. The molecule has 3 N–H and O–H groups in total. The van der Waals surface area contributed by atoms with E-state index in [1.165, 1.54) is 6.92 Å². The lowest BCUT2D eigenvalue weighted by molar-refractivity contribution is -0.114. The van der Waals surface area contributed by atoms with E-state index in [4.69, 9.17) is 4.55 Å². The summed E-state index contributed by atoms with van der Waals surface area (Å²) < 4.78 is 25.9. The van der Waals surface area contributed by atoms with Crippen LogP contribution in [-0.4, -0.2) is 43.5 Å². The average Bonchev–Trinajstić information content (AvgIpc) is 2.34. The Morgan fingerprint density at radius 2 is 1.64 bits per heavy atom. The summed E-state index contributed by atoms with van der Waals surface area (Å²) in [7, 11) is -3.67. The van der Waals surface area contributed by atoms with Gasteiger partial charge in [-0.2, -0.15) is 8.42 Å². The zero-order valence-corrected chi connectivity index (χ0v) is 13.9. The van der Waals surface area contributed by atoms with Crippen molar-refractivity contribution in [1.82, 2.24) is 5.32 Å². The van der Waals surface area contributed by atoms with E-state index >= 15 is 0 Å². The minimum Gasteiger partial charge on any atom is -0.326 e. The molecule has 8 heteroatoms. The first-order valence-corrected chi connectivity index (χ1v) is 8.40. The van der Waals surface area contributed by atoms with Crippen molar-refractivity contribution in [1.29, 1.82) is 0 Å². The summed E-state index contributed by atoms with van der Waals surface area (Å²) in [6.45, 7) is 5.77. The third-order valence-electron chi connectivity index (χ3n) is 2.20. The first-order chi connectivity index (χ1) is 9.99. The molecule has 22 heavy (non-hydrogen) atoms. The van der Waals surface area contributed by atoms with Crippen molar-refractivity contribution in [2.75, 3.05) is 18.1 Å². The van der Waals surface area contributed by atoms with E-state index < -0.39 is 10.1 Å². The SMILES string of the molecule is CC(=O)Nc1ccc(C(=O)CNC(C)C)cc1.CS(=O)(=O)O. The molecule has 0 saturated heterocycles. The van der Waals surface area contributed by atoms with Gasteiger partial charge in [-0.15, -0.1) is 0 Å². The number of carbonyl (C=O) groups excluding carboxylic acids is 2. The smallest absolute Gasteiger partial charge is 0.261 e. The Morgan fingerprint density at radius 1 is 1.18 bits per heavy atom. The van der Waals surface area contributed by atoms with Crippen molar-refractivity contribution >= 4 is 27.5 Å². The molecule has 1 rings (SSSR count). The molecule has 0 aliphatic carbocycles. The van der Waals surface area contributed by atoms with E-state index in [9.17, 15) is 18.0 Å². The predicted molar refractivity (Wildman–Crippen MR) is 85.7 cm³/mol. The number of anilines is 1. The number of nitrogens with one attached hydrogen (secondary N) is 2. The van der Waals surface area contributed by atoms with Crippen LogP contribution in [0.2, 0.25) is 0 Å². The van der Waals surface area contributed by atoms with E-state index in [2.05, 4.69) is 10.6 Å². The van der Waals surface area contributed by atoms with E-state index in [1.54, 1.807) is 24.3 Å². The van der Waals surface area contributed by atoms with Crippen molar-refractivity contribution in [3.8, 4) is 0 Å². The van der Waals surface area contributed by atoms with E-state index in [1.807, 2.05) is 13.8 Å². The van der Waals surface area contributed by atoms with Crippen LogP contribution in [0.4, 0.5) is 5.69 Å². The average molecular weight is 330 g/mol. The van der Waals surface area contributed by atoms with Gasteiger partial charge in [-0.1, -0.05) is 13.8 Å². The molecule has 0 radical (unpaired) electrons. The van der Waals surface area contributed by atoms with Crippen LogP contribution < -0.4 is 10.6 Å². The summed E-state index contributed by atoms with van der Waals surface area (Å²) in [5, 5.41) is 5.73. The van der Waals surface area contributed by atoms with Gasteiger partial charge in [0, 0.05) is 24.2 Å². The predicted octanol–water partition coefficient (Wildman–Crippen LogP) is 1.33. The van der Waals surface area contributed by atoms with Gasteiger partial charge in [-0.25, -0.2) is 0 Å². The van der Waals surface area contributed by atoms with Gasteiger partial charge in [-0.3, -0.25) is 14.1 Å². The lowest BCUT2D eigenvalue weighted by Gasteiger charge is -2.07. The normalized spacial score (nSPS) is 10.6. The molecule has 0 aromatic heterocycles. The second kappa shape index (κ2) is 9.29. The van der Waals surface area contributed by atoms with Crippen LogP contribution in [0.3, 0.4) is 0 Å². The van der Waals surface area contributed by atoms with Crippen LogP contribution in [0.25, 0.3) is 0 Å². The monoisotopic (exact) mass is 330 g/mol. The summed E-state index contributed by atoms with van der Waals surface area (Å²) >= 11 is 0. The number of amides is 1. The summed E-state index contributed by atoms with van der Waals surface area (Å²) in [6, 6.07) is 7.18. The molecule has 0 unspecified atom stereocenters. The van der Waals surface area contributed by atoms with Crippen molar-refractivity contribution < 1.29 is 22.6 Å². The topological polar surface area (TPSA) is 113 Å². The zero-order chi connectivity index (χ0) is 17.3. The van der Waals surface area contributed by atoms with E-state index in [-0.39, 0.29) is 17.7 Å². The number of benzene rings is 1. The molecule has 1 aromatic rings. The molecule has 0 aliphatic heterocycles. The largest absolute Gasteiger partial charge is 0.326 e. The highest BCUT2D eigenvalue weighted by molar-refractivity contribution is 7.85. The van der Waals surface area contributed by atoms with Crippen LogP contribution >= 0.6 is 0 Å². The summed E-state index contributed by atoms with van der Waals surface area (Å²) in [5.74, 6) is -0.0707. The van der Waals surface area contributed by atoms with E-state index in [0.717, 1.165) is 0 Å². The second-order valence-corrected chi connectivity index (χ2v) is 6.42. The first-order valence-electron chi connectivity index (χ1n) is 6.55. The van der Waals surface area contributed by atoms with Crippen LogP contribution in [-0.2, 0) is 14.9 Å². The van der Waals surface area contributed by atoms with Crippen LogP contribution in [0.5, 0.6) is 0 Å². The molecule has 0 heterocycles. The fourth-order valence-corrected chi connectivity index (χ4v) is 1.34. The van der Waals surface area contributed by atoms with Crippen LogP contribution in [0, 0.1) is 0 Å². The Morgan fingerprint density at radius 3 is 2.00 bits per heavy atom. The summed E-state index contributed by atoms with van der Waals surface area (Å²) in [6.07, 6.45) is 0.715. The molecule has 1 aromatic carbocycles. The van der Waals surface area contributed by atoms with Crippen LogP contribution in [0.15, 0.2) is 24.3 Å². The lowest BCUT2D eigenvalue weighted by Crippen LogP contribution is -2.29. The molecule has 0 atom stereocenters. The fraction of sp³-hybridized carbons (Fsp3) is 0.429. The third-order valence-corrected chi connectivity index (χ3v) is 2.20. The molecule has 124 valence electrons. The highest BCUT2D eigenvalue weighted by Crippen LogP contribution is 2.09. The van der Waals surface area contributed by atoms with Crippen molar-refractivity contribution in [3.05, 3.63) is 29.8 Å². The molecule has 0 spiro atoms. The fourth-order valence-electron chi connectivity index (χ4n) is 1.34. The van der Waals surface area contributed by atoms with Gasteiger partial charge in [0.1, 0.15) is 0 Å².